The molecule has 0 spiro atoms. The standard InChI is InChI=1S/C15H18ClNO3S/c16-13-3-1-11(2-4-13)12-5-7-17(8-6-12)14(18)9-21-10-15(19)20/h1-4,12H,5-10H2,(H,19,20). The number of carboxylic acids is 1. The second kappa shape index (κ2) is 7.71. The van der Waals surface area contributed by atoms with Crippen LogP contribution >= 0.6 is 23.4 Å². The highest BCUT2D eigenvalue weighted by atomic mass is 35.5. The number of aliphatic carboxylic acids is 1. The highest BCUT2D eigenvalue weighted by Crippen LogP contribution is 2.29. The number of piperidine rings is 1. The van der Waals surface area contributed by atoms with Crippen LogP contribution in [0.2, 0.25) is 5.02 Å². The number of carboxylic acid groups (broad SMARTS) is 1. The van der Waals surface area contributed by atoms with E-state index in [0.29, 0.717) is 5.92 Å². The topological polar surface area (TPSA) is 57.6 Å². The van der Waals surface area contributed by atoms with E-state index in [1.807, 2.05) is 29.2 Å². The number of benzene rings is 1. The Kier molecular flexibility index (Phi) is 5.94. The maximum absolute atomic E-state index is 12.0. The first-order chi connectivity index (χ1) is 10.1. The first kappa shape index (κ1) is 16.2. The lowest BCUT2D eigenvalue weighted by atomic mass is 9.89. The van der Waals surface area contributed by atoms with E-state index >= 15 is 0 Å². The van der Waals surface area contributed by atoms with Crippen LogP contribution < -0.4 is 0 Å². The Morgan fingerprint density at radius 2 is 1.81 bits per heavy atom. The SMILES string of the molecule is O=C(O)CSCC(=O)N1CCC(c2ccc(Cl)cc2)CC1. The largest absolute Gasteiger partial charge is 0.481 e. The molecule has 1 amide bonds. The van der Waals surface area contributed by atoms with Crippen molar-refractivity contribution in [2.45, 2.75) is 18.8 Å². The average Bonchev–Trinajstić information content (AvgIpc) is 2.48. The molecular weight excluding hydrogens is 310 g/mol. The molecule has 1 saturated heterocycles. The van der Waals surface area contributed by atoms with Crippen LogP contribution in [0.25, 0.3) is 0 Å². The monoisotopic (exact) mass is 327 g/mol. The van der Waals surface area contributed by atoms with Gasteiger partial charge in [-0.2, -0.15) is 0 Å². The van der Waals surface area contributed by atoms with Gasteiger partial charge >= 0.3 is 5.97 Å². The highest BCUT2D eigenvalue weighted by molar-refractivity contribution is 8.00. The fraction of sp³-hybridized carbons (Fsp3) is 0.467. The van der Waals surface area contributed by atoms with Crippen molar-refractivity contribution in [1.82, 2.24) is 4.90 Å². The van der Waals surface area contributed by atoms with Crippen LogP contribution in [-0.4, -0.2) is 46.5 Å². The molecule has 4 nitrogen and oxygen atoms in total. The van der Waals surface area contributed by atoms with Crippen molar-refractivity contribution in [2.24, 2.45) is 0 Å². The van der Waals surface area contributed by atoms with Crippen LogP contribution in [0.1, 0.15) is 24.3 Å². The summed E-state index contributed by atoms with van der Waals surface area (Å²) in [5.41, 5.74) is 1.27. The summed E-state index contributed by atoms with van der Waals surface area (Å²) >= 11 is 7.05. The van der Waals surface area contributed by atoms with E-state index in [1.165, 1.54) is 5.56 Å². The molecule has 1 aromatic carbocycles. The minimum atomic E-state index is -0.880. The molecule has 2 rings (SSSR count). The van der Waals surface area contributed by atoms with Crippen LogP contribution in [0, 0.1) is 0 Å². The van der Waals surface area contributed by atoms with Gasteiger partial charge in [0.15, 0.2) is 0 Å². The van der Waals surface area contributed by atoms with Gasteiger partial charge in [-0.15, -0.1) is 11.8 Å². The summed E-state index contributed by atoms with van der Waals surface area (Å²) in [5.74, 6) is -0.145. The molecule has 1 N–H and O–H groups in total. The second-order valence-corrected chi connectivity index (χ2v) is 6.52. The smallest absolute Gasteiger partial charge is 0.313 e. The summed E-state index contributed by atoms with van der Waals surface area (Å²) in [6.07, 6.45) is 1.88. The molecule has 114 valence electrons. The lowest BCUT2D eigenvalue weighted by molar-refractivity contribution is -0.133. The number of halogens is 1. The Bertz CT molecular complexity index is 498. The lowest BCUT2D eigenvalue weighted by Crippen LogP contribution is -2.39. The summed E-state index contributed by atoms with van der Waals surface area (Å²) in [6.45, 7) is 1.47. The van der Waals surface area contributed by atoms with Gasteiger partial charge in [-0.25, -0.2) is 0 Å². The summed E-state index contributed by atoms with van der Waals surface area (Å²) < 4.78 is 0. The van der Waals surface area contributed by atoms with E-state index in [0.717, 1.165) is 42.7 Å². The van der Waals surface area contributed by atoms with E-state index in [4.69, 9.17) is 16.7 Å². The van der Waals surface area contributed by atoms with Crippen molar-refractivity contribution >= 4 is 35.2 Å². The molecule has 1 heterocycles. The van der Waals surface area contributed by atoms with Gasteiger partial charge in [-0.05, 0) is 36.5 Å². The van der Waals surface area contributed by atoms with Gasteiger partial charge in [-0.3, -0.25) is 9.59 Å². The molecular formula is C15H18ClNO3S. The minimum absolute atomic E-state index is 0.0209. The zero-order valence-electron chi connectivity index (χ0n) is 11.6. The van der Waals surface area contributed by atoms with Crippen molar-refractivity contribution in [2.75, 3.05) is 24.6 Å². The van der Waals surface area contributed by atoms with Gasteiger partial charge in [0.05, 0.1) is 11.5 Å². The molecule has 0 radical (unpaired) electrons. The number of carbonyl (C=O) groups is 2. The number of thioether (sulfide) groups is 1. The van der Waals surface area contributed by atoms with E-state index in [1.54, 1.807) is 0 Å². The third-order valence-corrected chi connectivity index (χ3v) is 4.79. The molecule has 0 aliphatic carbocycles. The minimum Gasteiger partial charge on any atom is -0.481 e. The molecule has 0 unspecified atom stereocenters. The van der Waals surface area contributed by atoms with Gasteiger partial charge in [0.25, 0.3) is 0 Å². The number of likely N-dealkylation sites (tertiary alicyclic amines) is 1. The first-order valence-corrected chi connectivity index (χ1v) is 8.42. The zero-order chi connectivity index (χ0) is 15.2. The molecule has 0 atom stereocenters. The van der Waals surface area contributed by atoms with Gasteiger partial charge in [0.2, 0.25) is 5.91 Å². The highest BCUT2D eigenvalue weighted by Gasteiger charge is 2.23. The number of hydrogen-bond acceptors (Lipinski definition) is 3. The number of rotatable bonds is 5. The Morgan fingerprint density at radius 1 is 1.19 bits per heavy atom. The van der Waals surface area contributed by atoms with Gasteiger partial charge < -0.3 is 10.0 Å². The molecule has 1 fully saturated rings. The molecule has 1 aliphatic heterocycles. The quantitative estimate of drug-likeness (QED) is 0.903. The maximum Gasteiger partial charge on any atom is 0.313 e. The van der Waals surface area contributed by atoms with Crippen LogP contribution in [-0.2, 0) is 9.59 Å². The summed E-state index contributed by atoms with van der Waals surface area (Å²) in [7, 11) is 0. The molecule has 0 bridgehead atoms. The zero-order valence-corrected chi connectivity index (χ0v) is 13.2. The van der Waals surface area contributed by atoms with E-state index in [2.05, 4.69) is 0 Å². The van der Waals surface area contributed by atoms with Crippen LogP contribution in [0.5, 0.6) is 0 Å². The van der Waals surface area contributed by atoms with Crippen molar-refractivity contribution in [3.63, 3.8) is 0 Å². The number of carbonyl (C=O) groups excluding carboxylic acids is 1. The molecule has 6 heteroatoms. The van der Waals surface area contributed by atoms with E-state index in [-0.39, 0.29) is 17.4 Å². The summed E-state index contributed by atoms with van der Waals surface area (Å²) in [4.78, 5) is 24.2. The summed E-state index contributed by atoms with van der Waals surface area (Å²) in [6, 6.07) is 7.90. The first-order valence-electron chi connectivity index (χ1n) is 6.89. The molecule has 21 heavy (non-hydrogen) atoms. The van der Waals surface area contributed by atoms with Crippen molar-refractivity contribution in [3.8, 4) is 0 Å². The van der Waals surface area contributed by atoms with Gasteiger partial charge in [-0.1, -0.05) is 23.7 Å². The molecule has 1 aromatic rings. The number of hydrogen-bond donors (Lipinski definition) is 1. The predicted octanol–water partition coefficient (Wildman–Crippen LogP) is 2.86. The van der Waals surface area contributed by atoms with E-state index < -0.39 is 5.97 Å². The number of nitrogens with zero attached hydrogens (tertiary/aromatic N) is 1. The van der Waals surface area contributed by atoms with Crippen molar-refractivity contribution in [1.29, 1.82) is 0 Å². The Morgan fingerprint density at radius 3 is 2.38 bits per heavy atom. The maximum atomic E-state index is 12.0. The van der Waals surface area contributed by atoms with Gasteiger partial charge in [0, 0.05) is 18.1 Å². The second-order valence-electron chi connectivity index (χ2n) is 5.09. The summed E-state index contributed by atoms with van der Waals surface area (Å²) in [5, 5.41) is 9.30. The Labute approximate surface area is 133 Å². The van der Waals surface area contributed by atoms with Crippen LogP contribution in [0.4, 0.5) is 0 Å². The third-order valence-electron chi connectivity index (χ3n) is 3.64. The lowest BCUT2D eigenvalue weighted by Gasteiger charge is -2.32. The molecule has 0 aromatic heterocycles. The fourth-order valence-electron chi connectivity index (χ4n) is 2.51. The third kappa shape index (κ3) is 4.93. The van der Waals surface area contributed by atoms with Crippen molar-refractivity contribution < 1.29 is 14.7 Å². The molecule has 1 aliphatic rings. The van der Waals surface area contributed by atoms with Crippen LogP contribution in [0.3, 0.4) is 0 Å². The Balaban J connectivity index is 1.78. The van der Waals surface area contributed by atoms with E-state index in [9.17, 15) is 9.59 Å². The average molecular weight is 328 g/mol. The number of amides is 1. The fourth-order valence-corrected chi connectivity index (χ4v) is 3.27. The molecule has 0 saturated carbocycles. The van der Waals surface area contributed by atoms with Crippen LogP contribution in [0.15, 0.2) is 24.3 Å². The van der Waals surface area contributed by atoms with Gasteiger partial charge in [0.1, 0.15) is 0 Å². The normalized spacial score (nSPS) is 16.0. The predicted molar refractivity (Wildman–Crippen MR) is 85.0 cm³/mol. The Hall–Kier alpha value is -1.20. The van der Waals surface area contributed by atoms with Crippen molar-refractivity contribution in [3.05, 3.63) is 34.9 Å².